The molecule has 0 aliphatic carbocycles. The number of fused-ring (bicyclic) bond motifs is 1. The molecule has 0 fully saturated rings. The van der Waals surface area contributed by atoms with Crippen LogP contribution in [0.5, 0.6) is 34.5 Å². The van der Waals surface area contributed by atoms with Gasteiger partial charge in [-0.15, -0.1) is 0 Å². The van der Waals surface area contributed by atoms with E-state index in [1.807, 2.05) is 20.8 Å². The van der Waals surface area contributed by atoms with Crippen LogP contribution in [0.1, 0.15) is 61.2 Å². The number of aromatic hydroxyl groups is 4. The first-order chi connectivity index (χ1) is 15.5. The van der Waals surface area contributed by atoms with Crippen LogP contribution >= 0.6 is 0 Å². The molecule has 2 atom stereocenters. The number of allylic oxidation sites excluding steroid dienone is 3. The van der Waals surface area contributed by atoms with Gasteiger partial charge in [0.05, 0.1) is 13.5 Å². The molecule has 33 heavy (non-hydrogen) atoms. The molecule has 0 unspecified atom stereocenters. The molecular formula is C26H30O7. The molecule has 4 N–H and O–H groups in total. The standard InChI is InChI=1S/C26H30O7/c1-13(2)6-7-15(14(3)4)8-17-19(28)11-21(30)25-22(31)12-23(33-26(17)25)16-9-24(32-5)20(29)10-18(16)27/h6,9-11,15,23,27-30H,3,7-8,12H2,1-2,4-5H3/t15-,23-/m0/s1. The fourth-order valence-corrected chi connectivity index (χ4v) is 3.97. The Morgan fingerprint density at radius 2 is 1.79 bits per heavy atom. The average Bonchev–Trinajstić information content (AvgIpc) is 2.72. The molecule has 7 nitrogen and oxygen atoms in total. The molecule has 2 aromatic rings. The van der Waals surface area contributed by atoms with Crippen LogP contribution in [0.25, 0.3) is 0 Å². The highest BCUT2D eigenvalue weighted by Gasteiger charge is 2.35. The van der Waals surface area contributed by atoms with Crippen molar-refractivity contribution in [3.05, 3.63) is 58.7 Å². The molecule has 0 spiro atoms. The first kappa shape index (κ1) is 24.0. The Hall–Kier alpha value is -3.61. The molecule has 0 aromatic heterocycles. The lowest BCUT2D eigenvalue weighted by Gasteiger charge is -2.30. The van der Waals surface area contributed by atoms with Gasteiger partial charge in [-0.05, 0) is 45.6 Å². The van der Waals surface area contributed by atoms with Crippen LogP contribution < -0.4 is 9.47 Å². The summed E-state index contributed by atoms with van der Waals surface area (Å²) in [5.74, 6) is -1.27. The summed E-state index contributed by atoms with van der Waals surface area (Å²) in [5, 5.41) is 41.4. The first-order valence-electron chi connectivity index (χ1n) is 10.7. The van der Waals surface area contributed by atoms with E-state index < -0.39 is 6.10 Å². The molecule has 0 saturated carbocycles. The van der Waals surface area contributed by atoms with Gasteiger partial charge in [0.1, 0.15) is 34.7 Å². The van der Waals surface area contributed by atoms with Crippen molar-refractivity contribution in [2.75, 3.05) is 7.11 Å². The maximum absolute atomic E-state index is 13.0. The molecular weight excluding hydrogens is 424 g/mol. The summed E-state index contributed by atoms with van der Waals surface area (Å²) >= 11 is 0. The lowest BCUT2D eigenvalue weighted by molar-refractivity contribution is 0.0838. The van der Waals surface area contributed by atoms with Gasteiger partial charge < -0.3 is 29.9 Å². The zero-order chi connectivity index (χ0) is 24.4. The molecule has 0 amide bonds. The third kappa shape index (κ3) is 4.92. The van der Waals surface area contributed by atoms with E-state index in [4.69, 9.17) is 9.47 Å². The van der Waals surface area contributed by atoms with Gasteiger partial charge in [0.2, 0.25) is 0 Å². The molecule has 3 rings (SSSR count). The largest absolute Gasteiger partial charge is 0.507 e. The van der Waals surface area contributed by atoms with Crippen molar-refractivity contribution < 1.29 is 34.7 Å². The normalized spacial score (nSPS) is 15.9. The highest BCUT2D eigenvalue weighted by atomic mass is 16.5. The third-order valence-electron chi connectivity index (χ3n) is 5.88. The summed E-state index contributed by atoms with van der Waals surface area (Å²) in [6.45, 7) is 9.97. The number of carbonyl (C=O) groups excluding carboxylic acids is 1. The predicted octanol–water partition coefficient (Wildman–Crippen LogP) is 5.32. The minimum Gasteiger partial charge on any atom is -0.507 e. The van der Waals surface area contributed by atoms with Crippen LogP contribution in [0.3, 0.4) is 0 Å². The second-order valence-electron chi connectivity index (χ2n) is 8.68. The van der Waals surface area contributed by atoms with E-state index in [9.17, 15) is 25.2 Å². The Balaban J connectivity index is 2.08. The van der Waals surface area contributed by atoms with Crippen molar-refractivity contribution in [2.24, 2.45) is 5.92 Å². The molecule has 7 heteroatoms. The molecule has 1 heterocycles. The SMILES string of the molecule is C=C(C)[C@@H](CC=C(C)C)Cc1c(O)cc(O)c2c1O[C@H](c1cc(OC)c(O)cc1O)CC2=O. The maximum atomic E-state index is 13.0. The number of Topliss-reactive ketones (excluding diaryl/α,β-unsaturated/α-hetero) is 1. The molecule has 0 bridgehead atoms. The van der Waals surface area contributed by atoms with Gasteiger partial charge in [-0.1, -0.05) is 23.8 Å². The Bertz CT molecular complexity index is 1130. The minimum atomic E-state index is -0.902. The van der Waals surface area contributed by atoms with Crippen molar-refractivity contribution in [1.82, 2.24) is 0 Å². The van der Waals surface area contributed by atoms with Gasteiger partial charge in [0, 0.05) is 23.3 Å². The topological polar surface area (TPSA) is 116 Å². The Kier molecular flexibility index (Phi) is 6.91. The number of hydrogen-bond acceptors (Lipinski definition) is 7. The second kappa shape index (κ2) is 9.48. The number of ether oxygens (including phenoxy) is 2. The van der Waals surface area contributed by atoms with Gasteiger partial charge in [-0.3, -0.25) is 4.79 Å². The zero-order valence-corrected chi connectivity index (χ0v) is 19.3. The monoisotopic (exact) mass is 454 g/mol. The predicted molar refractivity (Wildman–Crippen MR) is 124 cm³/mol. The molecule has 2 aromatic carbocycles. The van der Waals surface area contributed by atoms with Gasteiger partial charge in [-0.25, -0.2) is 0 Å². The number of phenols is 4. The van der Waals surface area contributed by atoms with Crippen molar-refractivity contribution in [3.8, 4) is 34.5 Å². The van der Waals surface area contributed by atoms with E-state index in [1.54, 1.807) is 0 Å². The quantitative estimate of drug-likeness (QED) is 0.419. The Labute approximate surface area is 193 Å². The summed E-state index contributed by atoms with van der Waals surface area (Å²) in [7, 11) is 1.37. The van der Waals surface area contributed by atoms with E-state index in [0.29, 0.717) is 18.4 Å². The van der Waals surface area contributed by atoms with Gasteiger partial charge in [-0.2, -0.15) is 0 Å². The van der Waals surface area contributed by atoms with Gasteiger partial charge >= 0.3 is 0 Å². The Morgan fingerprint density at radius 3 is 2.39 bits per heavy atom. The van der Waals surface area contributed by atoms with Crippen molar-refractivity contribution in [2.45, 2.75) is 46.1 Å². The molecule has 176 valence electrons. The number of ketones is 1. The summed E-state index contributed by atoms with van der Waals surface area (Å²) < 4.78 is 11.2. The van der Waals surface area contributed by atoms with E-state index in [-0.39, 0.29) is 63.7 Å². The highest BCUT2D eigenvalue weighted by molar-refractivity contribution is 6.03. The average molecular weight is 455 g/mol. The van der Waals surface area contributed by atoms with Gasteiger partial charge in [0.25, 0.3) is 0 Å². The number of rotatable bonds is 7. The van der Waals surface area contributed by atoms with E-state index in [2.05, 4.69) is 12.7 Å². The summed E-state index contributed by atoms with van der Waals surface area (Å²) in [6.07, 6.45) is 2.08. The van der Waals surface area contributed by atoms with Crippen LogP contribution in [0.4, 0.5) is 0 Å². The lowest BCUT2D eigenvalue weighted by atomic mass is 9.86. The first-order valence-corrected chi connectivity index (χ1v) is 10.7. The highest BCUT2D eigenvalue weighted by Crippen LogP contribution is 2.48. The lowest BCUT2D eigenvalue weighted by Crippen LogP contribution is -2.22. The number of carbonyl (C=O) groups is 1. The summed E-state index contributed by atoms with van der Waals surface area (Å²) in [4.78, 5) is 13.0. The second-order valence-corrected chi connectivity index (χ2v) is 8.68. The fourth-order valence-electron chi connectivity index (χ4n) is 3.97. The van der Waals surface area contributed by atoms with Crippen molar-refractivity contribution in [3.63, 3.8) is 0 Å². The number of methoxy groups -OCH3 is 1. The molecule has 1 aliphatic rings. The fraction of sp³-hybridized carbons (Fsp3) is 0.346. The van der Waals surface area contributed by atoms with Gasteiger partial charge in [0.15, 0.2) is 17.3 Å². The molecule has 0 saturated heterocycles. The maximum Gasteiger partial charge on any atom is 0.174 e. The van der Waals surface area contributed by atoms with E-state index in [1.165, 1.54) is 13.2 Å². The Morgan fingerprint density at radius 1 is 1.12 bits per heavy atom. The van der Waals surface area contributed by atoms with Crippen LogP contribution in [0, 0.1) is 5.92 Å². The van der Waals surface area contributed by atoms with Crippen LogP contribution in [0.2, 0.25) is 0 Å². The van der Waals surface area contributed by atoms with Crippen LogP contribution in [-0.2, 0) is 6.42 Å². The summed E-state index contributed by atoms with van der Waals surface area (Å²) in [5.41, 5.74) is 2.71. The van der Waals surface area contributed by atoms with E-state index >= 15 is 0 Å². The zero-order valence-electron chi connectivity index (χ0n) is 19.3. The smallest absolute Gasteiger partial charge is 0.174 e. The van der Waals surface area contributed by atoms with Crippen LogP contribution in [-0.4, -0.2) is 33.3 Å². The molecule has 1 aliphatic heterocycles. The summed E-state index contributed by atoms with van der Waals surface area (Å²) in [6, 6.07) is 3.68. The number of benzene rings is 2. The number of hydrogen-bond donors (Lipinski definition) is 4. The van der Waals surface area contributed by atoms with E-state index in [0.717, 1.165) is 23.3 Å². The van der Waals surface area contributed by atoms with Crippen molar-refractivity contribution in [1.29, 1.82) is 0 Å². The van der Waals surface area contributed by atoms with Crippen molar-refractivity contribution >= 4 is 5.78 Å². The molecule has 0 radical (unpaired) electrons. The van der Waals surface area contributed by atoms with Crippen LogP contribution in [0.15, 0.2) is 42.0 Å². The third-order valence-corrected chi connectivity index (χ3v) is 5.88. The number of phenolic OH excluding ortho intramolecular Hbond substituents is 4. The minimum absolute atomic E-state index is 0.00645.